The zero-order valence-corrected chi connectivity index (χ0v) is 16.1. The quantitative estimate of drug-likeness (QED) is 0.298. The molecule has 0 saturated heterocycles. The van der Waals surface area contributed by atoms with Gasteiger partial charge in [0.15, 0.2) is 0 Å². The van der Waals surface area contributed by atoms with Crippen LogP contribution in [0.15, 0.2) is 12.4 Å². The predicted octanol–water partition coefficient (Wildman–Crippen LogP) is 6.53. The Balaban J connectivity index is 1.86. The monoisotopic (exact) mass is 322 g/mol. The Kier molecular flexibility index (Phi) is 13.2. The minimum Gasteiger partial charge on any atom is -0.359 e. The number of hydrogen-bond acceptors (Lipinski definition) is 2. The third-order valence-corrected chi connectivity index (χ3v) is 4.95. The van der Waals surface area contributed by atoms with Gasteiger partial charge in [-0.1, -0.05) is 90.9 Å². The van der Waals surface area contributed by atoms with E-state index in [0.29, 0.717) is 0 Å². The van der Waals surface area contributed by atoms with Crippen LogP contribution in [0.1, 0.15) is 104 Å². The van der Waals surface area contributed by atoms with Gasteiger partial charge in [0, 0.05) is 25.5 Å². The summed E-state index contributed by atoms with van der Waals surface area (Å²) >= 11 is 0. The number of unbranched alkanes of at least 4 members (excludes halogenated alkanes) is 12. The molecule has 2 nitrogen and oxygen atoms in total. The lowest BCUT2D eigenvalue weighted by Gasteiger charge is -2.21. The Hall–Kier alpha value is -0.660. The van der Waals surface area contributed by atoms with Crippen LogP contribution in [0, 0.1) is 0 Å². The average Bonchev–Trinajstić information content (AvgIpc) is 3.01. The molecule has 0 fully saturated rings. The van der Waals surface area contributed by atoms with E-state index in [1.54, 1.807) is 0 Å². The first-order chi connectivity index (χ1) is 11.4. The average molecular weight is 323 g/mol. The van der Waals surface area contributed by atoms with Crippen molar-refractivity contribution in [3.63, 3.8) is 0 Å². The van der Waals surface area contributed by atoms with Gasteiger partial charge in [-0.05, 0) is 12.8 Å². The van der Waals surface area contributed by atoms with Gasteiger partial charge in [0.1, 0.15) is 0 Å². The van der Waals surface area contributed by atoms with Crippen LogP contribution in [-0.4, -0.2) is 29.6 Å². The smallest absolute Gasteiger partial charge is 0.0893 e. The van der Waals surface area contributed by atoms with Gasteiger partial charge in [0.05, 0.1) is 6.67 Å². The van der Waals surface area contributed by atoms with Gasteiger partial charge < -0.3 is 9.80 Å². The van der Waals surface area contributed by atoms with Gasteiger partial charge in [-0.15, -0.1) is 0 Å². The first-order valence-corrected chi connectivity index (χ1v) is 10.5. The fraction of sp³-hybridized carbons (Fsp3) is 0.905. The molecule has 1 aliphatic heterocycles. The van der Waals surface area contributed by atoms with Gasteiger partial charge in [-0.25, -0.2) is 0 Å². The van der Waals surface area contributed by atoms with E-state index in [1.165, 1.54) is 103 Å². The van der Waals surface area contributed by atoms with Gasteiger partial charge in [0.2, 0.25) is 0 Å². The lowest BCUT2D eigenvalue weighted by molar-refractivity contribution is 0.257. The molecule has 23 heavy (non-hydrogen) atoms. The van der Waals surface area contributed by atoms with Crippen molar-refractivity contribution in [2.75, 3.05) is 19.8 Å². The molecular formula is C21H42N2. The molecule has 0 aromatic carbocycles. The summed E-state index contributed by atoms with van der Waals surface area (Å²) in [7, 11) is 0. The van der Waals surface area contributed by atoms with Crippen LogP contribution in [0.3, 0.4) is 0 Å². The Morgan fingerprint density at radius 3 is 1.26 bits per heavy atom. The van der Waals surface area contributed by atoms with Crippen molar-refractivity contribution in [2.24, 2.45) is 0 Å². The molecule has 1 aliphatic rings. The first kappa shape index (κ1) is 20.4. The molecule has 0 saturated carbocycles. The summed E-state index contributed by atoms with van der Waals surface area (Å²) < 4.78 is 0. The molecule has 0 aromatic heterocycles. The van der Waals surface area contributed by atoms with Crippen LogP contribution < -0.4 is 0 Å². The van der Waals surface area contributed by atoms with Crippen LogP contribution >= 0.6 is 0 Å². The lowest BCUT2D eigenvalue weighted by Crippen LogP contribution is -2.26. The number of nitrogens with zero attached hydrogens (tertiary/aromatic N) is 2. The largest absolute Gasteiger partial charge is 0.359 e. The number of rotatable bonds is 16. The summed E-state index contributed by atoms with van der Waals surface area (Å²) in [4.78, 5) is 4.99. The molecule has 0 spiro atoms. The van der Waals surface area contributed by atoms with E-state index in [0.717, 1.165) is 6.67 Å². The zero-order valence-electron chi connectivity index (χ0n) is 16.1. The highest BCUT2D eigenvalue weighted by molar-refractivity contribution is 4.90. The highest BCUT2D eigenvalue weighted by atomic mass is 15.3. The fourth-order valence-electron chi connectivity index (χ4n) is 3.35. The third-order valence-electron chi connectivity index (χ3n) is 4.95. The predicted molar refractivity (Wildman–Crippen MR) is 103 cm³/mol. The SMILES string of the molecule is CCCCCCCCCN1C=CN(CCCCCCCCC)C1. The van der Waals surface area contributed by atoms with Crippen LogP contribution in [-0.2, 0) is 0 Å². The Labute approximate surface area is 146 Å². The third kappa shape index (κ3) is 11.5. The first-order valence-electron chi connectivity index (χ1n) is 10.5. The van der Waals surface area contributed by atoms with Crippen molar-refractivity contribution in [2.45, 2.75) is 104 Å². The summed E-state index contributed by atoms with van der Waals surface area (Å²) in [6.07, 6.45) is 24.3. The van der Waals surface area contributed by atoms with Crippen molar-refractivity contribution >= 4 is 0 Å². The summed E-state index contributed by atoms with van der Waals surface area (Å²) in [6.45, 7) is 8.21. The van der Waals surface area contributed by atoms with Crippen LogP contribution in [0.5, 0.6) is 0 Å². The van der Waals surface area contributed by atoms with Gasteiger partial charge in [-0.2, -0.15) is 0 Å². The van der Waals surface area contributed by atoms with E-state index >= 15 is 0 Å². The number of hydrogen-bond donors (Lipinski definition) is 0. The second-order valence-corrected chi connectivity index (χ2v) is 7.31. The molecule has 1 rings (SSSR count). The summed E-state index contributed by atoms with van der Waals surface area (Å²) in [6, 6.07) is 0. The maximum absolute atomic E-state index is 2.49. The maximum atomic E-state index is 2.49. The summed E-state index contributed by atoms with van der Waals surface area (Å²) in [5, 5.41) is 0. The van der Waals surface area contributed by atoms with E-state index < -0.39 is 0 Å². The van der Waals surface area contributed by atoms with Crippen LogP contribution in [0.4, 0.5) is 0 Å². The molecule has 0 unspecified atom stereocenters. The van der Waals surface area contributed by atoms with Crippen molar-refractivity contribution in [3.05, 3.63) is 12.4 Å². The zero-order chi connectivity index (χ0) is 16.6. The van der Waals surface area contributed by atoms with Gasteiger partial charge >= 0.3 is 0 Å². The standard InChI is InChI=1S/C21H42N2/c1-3-5-7-9-11-13-15-17-22-19-20-23(21-22)18-16-14-12-10-8-6-4-2/h19-20H,3-18,21H2,1-2H3. The molecule has 1 heterocycles. The maximum Gasteiger partial charge on any atom is 0.0893 e. The molecule has 0 bridgehead atoms. The lowest BCUT2D eigenvalue weighted by atomic mass is 10.1. The van der Waals surface area contributed by atoms with Crippen molar-refractivity contribution < 1.29 is 0 Å². The topological polar surface area (TPSA) is 6.48 Å². The van der Waals surface area contributed by atoms with Crippen LogP contribution in [0.25, 0.3) is 0 Å². The van der Waals surface area contributed by atoms with E-state index in [1.807, 2.05) is 0 Å². The Morgan fingerprint density at radius 2 is 0.870 bits per heavy atom. The van der Waals surface area contributed by atoms with Crippen molar-refractivity contribution in [3.8, 4) is 0 Å². The van der Waals surface area contributed by atoms with E-state index in [9.17, 15) is 0 Å². The minimum atomic E-state index is 1.13. The molecule has 2 heteroatoms. The molecular weight excluding hydrogens is 280 g/mol. The highest BCUT2D eigenvalue weighted by Gasteiger charge is 2.10. The second-order valence-electron chi connectivity index (χ2n) is 7.31. The molecule has 136 valence electrons. The van der Waals surface area contributed by atoms with Gasteiger partial charge in [0.25, 0.3) is 0 Å². The normalized spacial score (nSPS) is 14.2. The van der Waals surface area contributed by atoms with Gasteiger partial charge in [-0.3, -0.25) is 0 Å². The fourth-order valence-corrected chi connectivity index (χ4v) is 3.35. The van der Waals surface area contributed by atoms with Crippen molar-refractivity contribution in [1.82, 2.24) is 9.80 Å². The minimum absolute atomic E-state index is 1.13. The molecule has 0 aliphatic carbocycles. The Bertz CT molecular complexity index is 249. The van der Waals surface area contributed by atoms with E-state index in [4.69, 9.17) is 0 Å². The molecule has 0 amide bonds. The molecule has 0 atom stereocenters. The van der Waals surface area contributed by atoms with Crippen molar-refractivity contribution in [1.29, 1.82) is 0 Å². The van der Waals surface area contributed by atoms with Crippen LogP contribution in [0.2, 0.25) is 0 Å². The van der Waals surface area contributed by atoms with E-state index in [-0.39, 0.29) is 0 Å². The van der Waals surface area contributed by atoms with E-state index in [2.05, 4.69) is 36.0 Å². The Morgan fingerprint density at radius 1 is 0.522 bits per heavy atom. The second kappa shape index (κ2) is 14.9. The summed E-state index contributed by atoms with van der Waals surface area (Å²) in [5.74, 6) is 0. The summed E-state index contributed by atoms with van der Waals surface area (Å²) in [5.41, 5.74) is 0. The highest BCUT2D eigenvalue weighted by Crippen LogP contribution is 2.13. The molecule has 0 N–H and O–H groups in total. The molecule has 0 aromatic rings. The molecule has 0 radical (unpaired) electrons.